The third-order valence-electron chi connectivity index (χ3n) is 4.20. The number of H-pyrrole nitrogens is 1. The van der Waals surface area contributed by atoms with Crippen LogP contribution in [0, 0.1) is 6.92 Å². The van der Waals surface area contributed by atoms with Gasteiger partial charge >= 0.3 is 0 Å². The van der Waals surface area contributed by atoms with Crippen molar-refractivity contribution in [2.45, 2.75) is 20.3 Å². The van der Waals surface area contributed by atoms with E-state index in [1.54, 1.807) is 12.1 Å². The second kappa shape index (κ2) is 5.98. The zero-order valence-electron chi connectivity index (χ0n) is 14.0. The maximum atomic E-state index is 12.2. The van der Waals surface area contributed by atoms with E-state index in [0.717, 1.165) is 23.0 Å². The van der Waals surface area contributed by atoms with Crippen molar-refractivity contribution in [3.63, 3.8) is 0 Å². The zero-order valence-corrected chi connectivity index (χ0v) is 14.0. The minimum Gasteiger partial charge on any atom is -0.294 e. The van der Waals surface area contributed by atoms with Crippen LogP contribution in [0.15, 0.2) is 47.3 Å². The normalized spacial score (nSPS) is 11.1. The molecule has 4 rings (SSSR count). The molecule has 2 N–H and O–H groups in total. The van der Waals surface area contributed by atoms with Gasteiger partial charge in [0.15, 0.2) is 0 Å². The highest BCUT2D eigenvalue weighted by molar-refractivity contribution is 5.83. The summed E-state index contributed by atoms with van der Waals surface area (Å²) < 4.78 is 0. The Morgan fingerprint density at radius 2 is 1.80 bits per heavy atom. The van der Waals surface area contributed by atoms with Crippen molar-refractivity contribution < 1.29 is 0 Å². The highest BCUT2D eigenvalue weighted by atomic mass is 16.1. The molecule has 0 amide bonds. The van der Waals surface area contributed by atoms with Gasteiger partial charge in [-0.1, -0.05) is 25.1 Å². The fourth-order valence-electron chi connectivity index (χ4n) is 2.86. The molecule has 0 unspecified atom stereocenters. The molecule has 4 aromatic rings. The minimum absolute atomic E-state index is 0.196. The third kappa shape index (κ3) is 2.82. The third-order valence-corrected chi connectivity index (χ3v) is 4.20. The van der Waals surface area contributed by atoms with Gasteiger partial charge < -0.3 is 0 Å². The molecule has 2 heterocycles. The van der Waals surface area contributed by atoms with E-state index >= 15 is 0 Å². The predicted octanol–water partition coefficient (Wildman–Crippen LogP) is 3.48. The van der Waals surface area contributed by atoms with Gasteiger partial charge in [-0.2, -0.15) is 0 Å². The lowest BCUT2D eigenvalue weighted by Crippen LogP contribution is -2.12. The Labute approximate surface area is 144 Å². The quantitative estimate of drug-likeness (QED) is 0.600. The van der Waals surface area contributed by atoms with E-state index in [0.29, 0.717) is 22.8 Å². The Bertz CT molecular complexity index is 1150. The standard InChI is InChI=1S/C19H17N5O/c1-3-12-8-9-16-14(10-12)11(2)20-18(22-16)24-19-21-15-7-5-4-6-13(15)17(25)23-19/h4-10H,3H2,1-2H3,(H2,20,21,22,23,24,25). The number of nitrogens with one attached hydrogen (secondary N) is 2. The number of aromatic amines is 1. The lowest BCUT2D eigenvalue weighted by atomic mass is 10.1. The molecule has 2 aromatic heterocycles. The number of hydrogen-bond donors (Lipinski definition) is 2. The van der Waals surface area contributed by atoms with Gasteiger partial charge in [-0.05, 0) is 43.2 Å². The monoisotopic (exact) mass is 331 g/mol. The maximum absolute atomic E-state index is 12.2. The van der Waals surface area contributed by atoms with E-state index in [9.17, 15) is 4.79 Å². The van der Waals surface area contributed by atoms with Gasteiger partial charge in [0, 0.05) is 5.39 Å². The SMILES string of the molecule is CCc1ccc2nc(Nc3nc4ccccc4c(=O)[nH]3)nc(C)c2c1. The first-order valence-electron chi connectivity index (χ1n) is 8.17. The minimum atomic E-state index is -0.196. The molecule has 2 aromatic carbocycles. The predicted molar refractivity (Wildman–Crippen MR) is 99.3 cm³/mol. The van der Waals surface area contributed by atoms with Crippen molar-refractivity contribution in [1.29, 1.82) is 0 Å². The van der Waals surface area contributed by atoms with Gasteiger partial charge in [-0.3, -0.25) is 15.1 Å². The van der Waals surface area contributed by atoms with Crippen LogP contribution in [0.5, 0.6) is 0 Å². The van der Waals surface area contributed by atoms with E-state index < -0.39 is 0 Å². The fraction of sp³-hybridized carbons (Fsp3) is 0.158. The Balaban J connectivity index is 1.77. The number of aromatic nitrogens is 4. The maximum Gasteiger partial charge on any atom is 0.260 e. The lowest BCUT2D eigenvalue weighted by Gasteiger charge is -2.09. The Morgan fingerprint density at radius 1 is 1.00 bits per heavy atom. The molecule has 124 valence electrons. The summed E-state index contributed by atoms with van der Waals surface area (Å²) in [5.74, 6) is 0.736. The number of para-hydroxylation sites is 1. The van der Waals surface area contributed by atoms with Crippen molar-refractivity contribution in [3.8, 4) is 0 Å². The summed E-state index contributed by atoms with van der Waals surface area (Å²) in [6, 6.07) is 13.4. The first-order chi connectivity index (χ1) is 12.1. The second-order valence-corrected chi connectivity index (χ2v) is 5.89. The molecule has 0 bridgehead atoms. The molecule has 6 heteroatoms. The highest BCUT2D eigenvalue weighted by Crippen LogP contribution is 2.20. The van der Waals surface area contributed by atoms with Crippen molar-refractivity contribution in [2.24, 2.45) is 0 Å². The summed E-state index contributed by atoms with van der Waals surface area (Å²) in [5, 5.41) is 4.59. The number of benzene rings is 2. The van der Waals surface area contributed by atoms with Crippen molar-refractivity contribution in [2.75, 3.05) is 5.32 Å². The number of aryl methyl sites for hydroxylation is 2. The van der Waals surface area contributed by atoms with E-state index in [-0.39, 0.29) is 5.56 Å². The molecule has 0 aliphatic heterocycles. The van der Waals surface area contributed by atoms with Gasteiger partial charge in [0.25, 0.3) is 5.56 Å². The van der Waals surface area contributed by atoms with Crippen LogP contribution in [0.3, 0.4) is 0 Å². The largest absolute Gasteiger partial charge is 0.294 e. The number of anilines is 2. The van der Waals surface area contributed by atoms with Gasteiger partial charge in [0.2, 0.25) is 11.9 Å². The highest BCUT2D eigenvalue weighted by Gasteiger charge is 2.08. The van der Waals surface area contributed by atoms with Crippen LogP contribution in [-0.2, 0) is 6.42 Å². The Morgan fingerprint density at radius 3 is 2.64 bits per heavy atom. The zero-order chi connectivity index (χ0) is 17.4. The van der Waals surface area contributed by atoms with E-state index in [2.05, 4.69) is 44.3 Å². The van der Waals surface area contributed by atoms with Crippen LogP contribution >= 0.6 is 0 Å². The van der Waals surface area contributed by atoms with Crippen LogP contribution in [0.2, 0.25) is 0 Å². The number of hydrogen-bond acceptors (Lipinski definition) is 5. The summed E-state index contributed by atoms with van der Waals surface area (Å²) in [6.45, 7) is 4.07. The Kier molecular flexibility index (Phi) is 3.65. The molecule has 0 radical (unpaired) electrons. The first-order valence-corrected chi connectivity index (χ1v) is 8.17. The average molecular weight is 331 g/mol. The molecular weight excluding hydrogens is 314 g/mol. The molecule has 0 atom stereocenters. The van der Waals surface area contributed by atoms with Crippen LogP contribution in [-0.4, -0.2) is 19.9 Å². The number of fused-ring (bicyclic) bond motifs is 2. The molecule has 0 aliphatic carbocycles. The molecule has 25 heavy (non-hydrogen) atoms. The first kappa shape index (κ1) is 15.3. The van der Waals surface area contributed by atoms with Crippen LogP contribution < -0.4 is 10.9 Å². The summed E-state index contributed by atoms with van der Waals surface area (Å²) in [6.07, 6.45) is 0.970. The summed E-state index contributed by atoms with van der Waals surface area (Å²) in [4.78, 5) is 28.3. The molecular formula is C19H17N5O. The van der Waals surface area contributed by atoms with E-state index in [1.165, 1.54) is 5.56 Å². The van der Waals surface area contributed by atoms with Crippen molar-refractivity contribution in [1.82, 2.24) is 19.9 Å². The average Bonchev–Trinajstić information content (AvgIpc) is 2.61. The summed E-state index contributed by atoms with van der Waals surface area (Å²) in [7, 11) is 0. The molecule has 0 fully saturated rings. The van der Waals surface area contributed by atoms with Gasteiger partial charge in [-0.25, -0.2) is 15.0 Å². The van der Waals surface area contributed by atoms with E-state index in [4.69, 9.17) is 0 Å². The molecule has 0 saturated carbocycles. The van der Waals surface area contributed by atoms with E-state index in [1.807, 2.05) is 25.1 Å². The molecule has 0 spiro atoms. The summed E-state index contributed by atoms with van der Waals surface area (Å²) >= 11 is 0. The van der Waals surface area contributed by atoms with Gasteiger partial charge in [0.1, 0.15) is 0 Å². The van der Waals surface area contributed by atoms with Crippen LogP contribution in [0.4, 0.5) is 11.9 Å². The van der Waals surface area contributed by atoms with Crippen LogP contribution in [0.1, 0.15) is 18.2 Å². The van der Waals surface area contributed by atoms with Gasteiger partial charge in [0.05, 0.1) is 22.1 Å². The second-order valence-electron chi connectivity index (χ2n) is 5.89. The Hall–Kier alpha value is -3.28. The van der Waals surface area contributed by atoms with Crippen LogP contribution in [0.25, 0.3) is 21.8 Å². The topological polar surface area (TPSA) is 83.6 Å². The van der Waals surface area contributed by atoms with Crippen molar-refractivity contribution >= 4 is 33.7 Å². The molecule has 0 aliphatic rings. The molecule has 0 saturated heterocycles. The summed E-state index contributed by atoms with van der Waals surface area (Å²) in [5.41, 5.74) is 3.42. The lowest BCUT2D eigenvalue weighted by molar-refractivity contribution is 1.10. The molecule has 6 nitrogen and oxygen atoms in total. The number of rotatable bonds is 3. The number of nitrogens with zero attached hydrogens (tertiary/aromatic N) is 3. The van der Waals surface area contributed by atoms with Gasteiger partial charge in [-0.15, -0.1) is 0 Å². The fourth-order valence-corrected chi connectivity index (χ4v) is 2.86. The smallest absolute Gasteiger partial charge is 0.260 e. The van der Waals surface area contributed by atoms with Crippen molar-refractivity contribution in [3.05, 3.63) is 64.1 Å².